The van der Waals surface area contributed by atoms with E-state index in [2.05, 4.69) is 0 Å². The summed E-state index contributed by atoms with van der Waals surface area (Å²) in [5, 5.41) is 8.76. The van der Waals surface area contributed by atoms with Crippen LogP contribution in [0.2, 0.25) is 0 Å². The van der Waals surface area contributed by atoms with Gasteiger partial charge in [0.15, 0.2) is 0 Å². The fourth-order valence-corrected chi connectivity index (χ4v) is 1.82. The van der Waals surface area contributed by atoms with Gasteiger partial charge in [0, 0.05) is 12.2 Å². The molecular formula is C14H20N2O3. The molecule has 19 heavy (non-hydrogen) atoms. The Bertz CT molecular complexity index is 420. The Hall–Kier alpha value is -1.88. The Kier molecular flexibility index (Phi) is 6.02. The summed E-state index contributed by atoms with van der Waals surface area (Å²) < 4.78 is 0. The Morgan fingerprint density at radius 3 is 2.47 bits per heavy atom. The number of carbonyl (C=O) groups excluding carboxylic acids is 1. The number of amides is 1. The van der Waals surface area contributed by atoms with Gasteiger partial charge in [0.2, 0.25) is 5.91 Å². The van der Waals surface area contributed by atoms with Crippen molar-refractivity contribution in [3.63, 3.8) is 0 Å². The number of aliphatic carboxylic acids is 1. The smallest absolute Gasteiger partial charge is 0.305 e. The predicted molar refractivity (Wildman–Crippen MR) is 73.9 cm³/mol. The number of rotatable bonds is 7. The van der Waals surface area contributed by atoms with Gasteiger partial charge in [-0.3, -0.25) is 9.59 Å². The molecule has 0 heterocycles. The number of anilines is 1. The molecule has 0 fully saturated rings. The monoisotopic (exact) mass is 264 g/mol. The molecule has 1 unspecified atom stereocenters. The number of carboxylic acids is 1. The van der Waals surface area contributed by atoms with Crippen LogP contribution in [0.4, 0.5) is 5.69 Å². The van der Waals surface area contributed by atoms with Gasteiger partial charge < -0.3 is 15.7 Å². The highest BCUT2D eigenvalue weighted by Crippen LogP contribution is 2.15. The molecule has 1 atom stereocenters. The first kappa shape index (κ1) is 15.2. The second kappa shape index (κ2) is 7.53. The number of hydrogen-bond donors (Lipinski definition) is 2. The molecule has 1 amide bonds. The first-order chi connectivity index (χ1) is 9.06. The summed E-state index contributed by atoms with van der Waals surface area (Å²) in [5.74, 6) is -1.16. The molecule has 0 saturated heterocycles. The third kappa shape index (κ3) is 4.71. The zero-order valence-corrected chi connectivity index (χ0v) is 11.1. The number of carbonyl (C=O) groups is 2. The Morgan fingerprint density at radius 2 is 1.95 bits per heavy atom. The van der Waals surface area contributed by atoms with Crippen LogP contribution < -0.4 is 10.6 Å². The maximum absolute atomic E-state index is 12.3. The number of carboxylic acid groups (broad SMARTS) is 1. The summed E-state index contributed by atoms with van der Waals surface area (Å²) in [5.41, 5.74) is 6.51. The highest BCUT2D eigenvalue weighted by molar-refractivity contribution is 5.97. The second-order valence-electron chi connectivity index (χ2n) is 4.36. The van der Waals surface area contributed by atoms with E-state index >= 15 is 0 Å². The Morgan fingerprint density at radius 1 is 1.32 bits per heavy atom. The molecule has 3 N–H and O–H groups in total. The van der Waals surface area contributed by atoms with E-state index in [4.69, 9.17) is 10.8 Å². The molecule has 5 heteroatoms. The quantitative estimate of drug-likeness (QED) is 0.784. The predicted octanol–water partition coefficient (Wildman–Crippen LogP) is 1.62. The fourth-order valence-electron chi connectivity index (χ4n) is 1.82. The average Bonchev–Trinajstić information content (AvgIpc) is 2.40. The van der Waals surface area contributed by atoms with E-state index in [-0.39, 0.29) is 18.9 Å². The molecule has 104 valence electrons. The van der Waals surface area contributed by atoms with Gasteiger partial charge in [-0.05, 0) is 18.6 Å². The highest BCUT2D eigenvalue weighted by atomic mass is 16.4. The van der Waals surface area contributed by atoms with Crippen molar-refractivity contribution < 1.29 is 14.7 Å². The van der Waals surface area contributed by atoms with Gasteiger partial charge in [-0.15, -0.1) is 0 Å². The molecule has 0 saturated carbocycles. The normalized spacial score (nSPS) is 11.9. The SMILES string of the molecule is CCCC(N)C(=O)N(CCC(=O)O)c1ccccc1. The summed E-state index contributed by atoms with van der Waals surface area (Å²) >= 11 is 0. The molecule has 1 aromatic carbocycles. The van der Waals surface area contributed by atoms with E-state index in [9.17, 15) is 9.59 Å². The summed E-state index contributed by atoms with van der Waals surface area (Å²) in [6, 6.07) is 8.43. The number of hydrogen-bond acceptors (Lipinski definition) is 3. The molecule has 0 spiro atoms. The van der Waals surface area contributed by atoms with Gasteiger partial charge in [-0.2, -0.15) is 0 Å². The van der Waals surface area contributed by atoms with Crippen LogP contribution in [0.5, 0.6) is 0 Å². The Labute approximate surface area is 113 Å². The largest absolute Gasteiger partial charge is 0.481 e. The van der Waals surface area contributed by atoms with Crippen molar-refractivity contribution in [2.75, 3.05) is 11.4 Å². The van der Waals surface area contributed by atoms with Crippen molar-refractivity contribution in [1.29, 1.82) is 0 Å². The maximum atomic E-state index is 12.3. The molecule has 0 radical (unpaired) electrons. The molecule has 0 aliphatic carbocycles. The third-order valence-corrected chi connectivity index (χ3v) is 2.80. The molecule has 1 rings (SSSR count). The lowest BCUT2D eigenvalue weighted by molar-refractivity contribution is -0.136. The molecule has 0 bridgehead atoms. The molecule has 0 aromatic heterocycles. The topological polar surface area (TPSA) is 83.6 Å². The van der Waals surface area contributed by atoms with E-state index < -0.39 is 12.0 Å². The molecule has 5 nitrogen and oxygen atoms in total. The van der Waals surface area contributed by atoms with E-state index in [0.29, 0.717) is 12.1 Å². The first-order valence-electron chi connectivity index (χ1n) is 6.40. The average molecular weight is 264 g/mol. The van der Waals surface area contributed by atoms with Crippen LogP contribution in [-0.4, -0.2) is 29.6 Å². The van der Waals surface area contributed by atoms with E-state index in [1.54, 1.807) is 12.1 Å². The van der Waals surface area contributed by atoms with Gasteiger partial charge in [0.25, 0.3) is 0 Å². The highest BCUT2D eigenvalue weighted by Gasteiger charge is 2.22. The number of nitrogens with zero attached hydrogens (tertiary/aromatic N) is 1. The van der Waals surface area contributed by atoms with Crippen LogP contribution >= 0.6 is 0 Å². The van der Waals surface area contributed by atoms with Gasteiger partial charge in [-0.25, -0.2) is 0 Å². The van der Waals surface area contributed by atoms with Gasteiger partial charge in [0.05, 0.1) is 12.5 Å². The lowest BCUT2D eigenvalue weighted by atomic mass is 10.1. The minimum absolute atomic E-state index is 0.0977. The molecule has 1 aromatic rings. The first-order valence-corrected chi connectivity index (χ1v) is 6.40. The molecule has 0 aliphatic heterocycles. The van der Waals surface area contributed by atoms with Gasteiger partial charge >= 0.3 is 5.97 Å². The Balaban J connectivity index is 2.86. The second-order valence-corrected chi connectivity index (χ2v) is 4.36. The van der Waals surface area contributed by atoms with Crippen LogP contribution in [0.15, 0.2) is 30.3 Å². The van der Waals surface area contributed by atoms with Gasteiger partial charge in [0.1, 0.15) is 0 Å². The minimum Gasteiger partial charge on any atom is -0.481 e. The third-order valence-electron chi connectivity index (χ3n) is 2.80. The number of benzene rings is 1. The van der Waals surface area contributed by atoms with Crippen molar-refractivity contribution in [3.8, 4) is 0 Å². The van der Waals surface area contributed by atoms with Crippen molar-refractivity contribution in [1.82, 2.24) is 0 Å². The van der Waals surface area contributed by atoms with Crippen molar-refractivity contribution in [2.24, 2.45) is 5.73 Å². The number of nitrogens with two attached hydrogens (primary N) is 1. The van der Waals surface area contributed by atoms with Crippen LogP contribution in [0.25, 0.3) is 0 Å². The minimum atomic E-state index is -0.933. The van der Waals surface area contributed by atoms with Crippen molar-refractivity contribution in [2.45, 2.75) is 32.2 Å². The lowest BCUT2D eigenvalue weighted by Crippen LogP contribution is -2.44. The van der Waals surface area contributed by atoms with Crippen LogP contribution in [0.1, 0.15) is 26.2 Å². The standard InChI is InChI=1S/C14H20N2O3/c1-2-6-12(15)14(19)16(10-9-13(17)18)11-7-4-3-5-8-11/h3-5,7-8,12H,2,6,9-10,15H2,1H3,(H,17,18). The fraction of sp³-hybridized carbons (Fsp3) is 0.429. The van der Waals surface area contributed by atoms with Crippen molar-refractivity contribution in [3.05, 3.63) is 30.3 Å². The zero-order valence-electron chi connectivity index (χ0n) is 11.1. The van der Waals surface area contributed by atoms with Crippen molar-refractivity contribution >= 4 is 17.6 Å². The molecule has 0 aliphatic rings. The summed E-state index contributed by atoms with van der Waals surface area (Å²) in [4.78, 5) is 24.4. The van der Waals surface area contributed by atoms with Crippen LogP contribution in [0.3, 0.4) is 0 Å². The van der Waals surface area contributed by atoms with Crippen LogP contribution in [0, 0.1) is 0 Å². The van der Waals surface area contributed by atoms with E-state index in [1.165, 1.54) is 4.90 Å². The molecular weight excluding hydrogens is 244 g/mol. The lowest BCUT2D eigenvalue weighted by Gasteiger charge is -2.25. The van der Waals surface area contributed by atoms with Gasteiger partial charge in [-0.1, -0.05) is 31.5 Å². The number of para-hydroxylation sites is 1. The summed E-state index contributed by atoms with van der Waals surface area (Å²) in [6.07, 6.45) is 1.31. The summed E-state index contributed by atoms with van der Waals surface area (Å²) in [6.45, 7) is 2.09. The van der Waals surface area contributed by atoms with E-state index in [0.717, 1.165) is 6.42 Å². The summed E-state index contributed by atoms with van der Waals surface area (Å²) in [7, 11) is 0. The maximum Gasteiger partial charge on any atom is 0.305 e. The van der Waals surface area contributed by atoms with E-state index in [1.807, 2.05) is 25.1 Å². The van der Waals surface area contributed by atoms with Crippen LogP contribution in [-0.2, 0) is 9.59 Å². The zero-order chi connectivity index (χ0) is 14.3.